The predicted octanol–water partition coefficient (Wildman–Crippen LogP) is 4.13. The first-order chi connectivity index (χ1) is 8.89. The van der Waals surface area contributed by atoms with Crippen LogP contribution in [0.4, 0.5) is 0 Å². The number of ether oxygens (including phenoxy) is 1. The molecule has 1 aliphatic heterocycles. The van der Waals surface area contributed by atoms with Crippen LogP contribution in [-0.2, 0) is 11.2 Å². The van der Waals surface area contributed by atoms with E-state index in [2.05, 4.69) is 32.2 Å². The Kier molecular flexibility index (Phi) is 4.93. The first-order valence-corrected chi connectivity index (χ1v) is 8.15. The summed E-state index contributed by atoms with van der Waals surface area (Å²) in [6, 6.07) is 4.17. The molecule has 1 N–H and O–H groups in total. The van der Waals surface area contributed by atoms with E-state index in [1.165, 1.54) is 4.88 Å². The Morgan fingerprint density at radius 2 is 2.00 bits per heavy atom. The molecule has 19 heavy (non-hydrogen) atoms. The van der Waals surface area contributed by atoms with Gasteiger partial charge in [0.15, 0.2) is 0 Å². The van der Waals surface area contributed by atoms with Crippen LogP contribution < -0.4 is 5.32 Å². The molecule has 0 radical (unpaired) electrons. The van der Waals surface area contributed by atoms with Crippen LogP contribution in [0.5, 0.6) is 0 Å². The van der Waals surface area contributed by atoms with Crippen molar-refractivity contribution in [2.24, 2.45) is 5.41 Å². The van der Waals surface area contributed by atoms with E-state index < -0.39 is 0 Å². The summed E-state index contributed by atoms with van der Waals surface area (Å²) in [5.74, 6) is 0. The molecule has 1 aromatic heterocycles. The van der Waals surface area contributed by atoms with Gasteiger partial charge in [-0.05, 0) is 57.6 Å². The van der Waals surface area contributed by atoms with Crippen molar-refractivity contribution in [2.45, 2.75) is 45.6 Å². The van der Waals surface area contributed by atoms with Gasteiger partial charge in [-0.25, -0.2) is 0 Å². The van der Waals surface area contributed by atoms with E-state index in [1.807, 2.05) is 6.07 Å². The fourth-order valence-electron chi connectivity index (χ4n) is 2.49. The van der Waals surface area contributed by atoms with Gasteiger partial charge in [0.05, 0.1) is 4.34 Å². The maximum atomic E-state index is 6.05. The monoisotopic (exact) mass is 301 g/mol. The van der Waals surface area contributed by atoms with Gasteiger partial charge < -0.3 is 10.1 Å². The molecule has 0 amide bonds. The molecule has 108 valence electrons. The molecule has 0 saturated carbocycles. The van der Waals surface area contributed by atoms with Crippen molar-refractivity contribution in [3.8, 4) is 0 Å². The van der Waals surface area contributed by atoms with E-state index in [1.54, 1.807) is 11.3 Å². The lowest BCUT2D eigenvalue weighted by molar-refractivity contribution is 0.0125. The van der Waals surface area contributed by atoms with E-state index in [4.69, 9.17) is 16.3 Å². The van der Waals surface area contributed by atoms with Crippen LogP contribution in [0.15, 0.2) is 12.1 Å². The van der Waals surface area contributed by atoms with Gasteiger partial charge in [0.25, 0.3) is 0 Å². The molecule has 1 aromatic rings. The number of rotatable bonds is 4. The van der Waals surface area contributed by atoms with Crippen molar-refractivity contribution in [2.75, 3.05) is 19.8 Å². The molecule has 1 aliphatic rings. The lowest BCUT2D eigenvalue weighted by Crippen LogP contribution is -2.47. The Morgan fingerprint density at radius 3 is 2.53 bits per heavy atom. The van der Waals surface area contributed by atoms with Gasteiger partial charge >= 0.3 is 0 Å². The van der Waals surface area contributed by atoms with Crippen molar-refractivity contribution in [1.29, 1.82) is 0 Å². The van der Waals surface area contributed by atoms with E-state index in [0.717, 1.165) is 43.4 Å². The quantitative estimate of drug-likeness (QED) is 0.903. The Balaban J connectivity index is 2.05. The third-order valence-electron chi connectivity index (χ3n) is 3.73. The molecule has 0 unspecified atom stereocenters. The highest BCUT2D eigenvalue weighted by Gasteiger charge is 2.34. The largest absolute Gasteiger partial charge is 0.381 e. The summed E-state index contributed by atoms with van der Waals surface area (Å²) in [5.41, 5.74) is 0.484. The van der Waals surface area contributed by atoms with Crippen LogP contribution in [0.25, 0.3) is 0 Å². The number of thiophene rings is 1. The highest BCUT2D eigenvalue weighted by atomic mass is 35.5. The molecule has 2 nitrogen and oxygen atoms in total. The summed E-state index contributed by atoms with van der Waals surface area (Å²) >= 11 is 7.76. The van der Waals surface area contributed by atoms with Gasteiger partial charge in [-0.3, -0.25) is 0 Å². The Bertz CT molecular complexity index is 405. The van der Waals surface area contributed by atoms with Gasteiger partial charge in [-0.15, -0.1) is 11.3 Å². The third-order valence-corrected chi connectivity index (χ3v) is 4.96. The maximum absolute atomic E-state index is 6.05. The molecule has 2 heterocycles. The van der Waals surface area contributed by atoms with E-state index in [9.17, 15) is 0 Å². The third kappa shape index (κ3) is 4.75. The zero-order chi connectivity index (χ0) is 13.9. The van der Waals surface area contributed by atoms with Crippen LogP contribution in [0.1, 0.15) is 38.5 Å². The summed E-state index contributed by atoms with van der Waals surface area (Å²) < 4.78 is 6.44. The first-order valence-electron chi connectivity index (χ1n) is 6.96. The van der Waals surface area contributed by atoms with Crippen molar-refractivity contribution in [1.82, 2.24) is 5.32 Å². The number of hydrogen-bond donors (Lipinski definition) is 1. The van der Waals surface area contributed by atoms with Gasteiger partial charge in [0, 0.05) is 30.2 Å². The molecule has 4 heteroatoms. The SMILES string of the molecule is CC(C)(C)NCC1(Cc2ccc(Cl)s2)CCOCC1. The minimum atomic E-state index is 0.165. The van der Waals surface area contributed by atoms with E-state index >= 15 is 0 Å². The Labute approximate surface area is 125 Å². The average molecular weight is 302 g/mol. The minimum absolute atomic E-state index is 0.165. The lowest BCUT2D eigenvalue weighted by atomic mass is 9.76. The molecular weight excluding hydrogens is 278 g/mol. The smallest absolute Gasteiger partial charge is 0.0931 e. The summed E-state index contributed by atoms with van der Waals surface area (Å²) in [6.45, 7) is 9.48. The van der Waals surface area contributed by atoms with Crippen molar-refractivity contribution >= 4 is 22.9 Å². The van der Waals surface area contributed by atoms with Gasteiger partial charge in [-0.1, -0.05) is 11.6 Å². The minimum Gasteiger partial charge on any atom is -0.381 e. The Hall–Kier alpha value is -0.0900. The summed E-state index contributed by atoms with van der Waals surface area (Å²) in [6.07, 6.45) is 3.37. The van der Waals surface area contributed by atoms with E-state index in [-0.39, 0.29) is 5.54 Å². The van der Waals surface area contributed by atoms with Crippen molar-refractivity contribution in [3.63, 3.8) is 0 Å². The van der Waals surface area contributed by atoms with Crippen LogP contribution in [0.2, 0.25) is 4.34 Å². The summed E-state index contributed by atoms with van der Waals surface area (Å²) in [7, 11) is 0. The molecule has 1 saturated heterocycles. The average Bonchev–Trinajstić information content (AvgIpc) is 2.73. The second-order valence-electron chi connectivity index (χ2n) is 6.60. The zero-order valence-corrected chi connectivity index (χ0v) is 13.7. The molecule has 0 aromatic carbocycles. The molecular formula is C15H24ClNOS. The standard InChI is InChI=1S/C15H24ClNOS/c1-14(2,3)17-11-15(6-8-18-9-7-15)10-12-4-5-13(16)19-12/h4-5,17H,6-11H2,1-3H3. The fourth-order valence-corrected chi connectivity index (χ4v) is 3.75. The maximum Gasteiger partial charge on any atom is 0.0931 e. The van der Waals surface area contributed by atoms with Gasteiger partial charge in [0.2, 0.25) is 0 Å². The fraction of sp³-hybridized carbons (Fsp3) is 0.733. The van der Waals surface area contributed by atoms with Crippen LogP contribution in [-0.4, -0.2) is 25.3 Å². The number of hydrogen-bond acceptors (Lipinski definition) is 3. The molecule has 0 bridgehead atoms. The lowest BCUT2D eigenvalue weighted by Gasteiger charge is -2.39. The van der Waals surface area contributed by atoms with Crippen LogP contribution >= 0.6 is 22.9 Å². The normalized spacial score (nSPS) is 19.6. The molecule has 0 atom stereocenters. The highest BCUT2D eigenvalue weighted by Crippen LogP contribution is 2.36. The second-order valence-corrected chi connectivity index (χ2v) is 8.40. The number of halogens is 1. The molecule has 0 spiro atoms. The molecule has 1 fully saturated rings. The predicted molar refractivity (Wildman–Crippen MR) is 83.3 cm³/mol. The first kappa shape index (κ1) is 15.3. The van der Waals surface area contributed by atoms with Gasteiger partial charge in [-0.2, -0.15) is 0 Å². The van der Waals surface area contributed by atoms with E-state index in [0.29, 0.717) is 5.41 Å². The van der Waals surface area contributed by atoms with Crippen LogP contribution in [0.3, 0.4) is 0 Å². The van der Waals surface area contributed by atoms with Crippen molar-refractivity contribution in [3.05, 3.63) is 21.3 Å². The van der Waals surface area contributed by atoms with Crippen molar-refractivity contribution < 1.29 is 4.74 Å². The zero-order valence-electron chi connectivity index (χ0n) is 12.1. The van der Waals surface area contributed by atoms with Gasteiger partial charge in [0.1, 0.15) is 0 Å². The summed E-state index contributed by atoms with van der Waals surface area (Å²) in [5, 5.41) is 3.68. The topological polar surface area (TPSA) is 21.3 Å². The highest BCUT2D eigenvalue weighted by molar-refractivity contribution is 7.16. The molecule has 0 aliphatic carbocycles. The number of nitrogens with one attached hydrogen (secondary N) is 1. The van der Waals surface area contributed by atoms with Crippen LogP contribution in [0, 0.1) is 5.41 Å². The molecule has 2 rings (SSSR count). The summed E-state index contributed by atoms with van der Waals surface area (Å²) in [4.78, 5) is 1.39. The Morgan fingerprint density at radius 1 is 1.32 bits per heavy atom. The second kappa shape index (κ2) is 6.13.